The molecule has 2 aliphatic rings. The van der Waals surface area contributed by atoms with Crippen molar-refractivity contribution in [1.29, 1.82) is 0 Å². The van der Waals surface area contributed by atoms with Gasteiger partial charge in [-0.2, -0.15) is 0 Å². The molecule has 1 fully saturated rings. The van der Waals surface area contributed by atoms with E-state index in [4.69, 9.17) is 11.6 Å². The number of likely N-dealkylation sites (tertiary alicyclic amines) is 1. The summed E-state index contributed by atoms with van der Waals surface area (Å²) in [7, 11) is 0. The molecule has 3 aromatic carbocycles. The van der Waals surface area contributed by atoms with Crippen molar-refractivity contribution in [2.45, 2.75) is 45.1 Å². The summed E-state index contributed by atoms with van der Waals surface area (Å²) in [6, 6.07) is 17.1. The van der Waals surface area contributed by atoms with Gasteiger partial charge in [-0.15, -0.1) is 0 Å². The Morgan fingerprint density at radius 3 is 2.12 bits per heavy atom. The van der Waals surface area contributed by atoms with Gasteiger partial charge in [0.05, 0.1) is 11.1 Å². The standard InChI is InChI=1S/C32H31ClFN3O4/c1-19(2)15-28(37-31(40)26-5-3-4-6-27(26)32(37)41)29(38)35-25-9-7-20(8-10-25)21-11-13-36(14-12-21)30(39)22-16-23(33)18-24(34)17-22/h3-10,16-19,21,28H,11-15H2,1-2H3,(H,35,38)/t28-/m1/s1. The number of hydrogen-bond donors (Lipinski definition) is 1. The second kappa shape index (κ2) is 11.8. The van der Waals surface area contributed by atoms with Gasteiger partial charge in [0.25, 0.3) is 17.7 Å². The maximum atomic E-state index is 13.7. The van der Waals surface area contributed by atoms with Crippen molar-refractivity contribution < 1.29 is 23.6 Å². The maximum Gasteiger partial charge on any atom is 0.262 e. The van der Waals surface area contributed by atoms with E-state index in [2.05, 4.69) is 5.32 Å². The summed E-state index contributed by atoms with van der Waals surface area (Å²) in [6.07, 6.45) is 1.84. The Balaban J connectivity index is 1.22. The number of benzene rings is 3. The smallest absolute Gasteiger partial charge is 0.262 e. The number of anilines is 1. The Kier molecular flexibility index (Phi) is 8.22. The second-order valence-corrected chi connectivity index (χ2v) is 11.4. The lowest BCUT2D eigenvalue weighted by molar-refractivity contribution is -0.120. The van der Waals surface area contributed by atoms with Crippen LogP contribution >= 0.6 is 11.6 Å². The van der Waals surface area contributed by atoms with Gasteiger partial charge in [0, 0.05) is 29.4 Å². The molecule has 0 radical (unpaired) electrons. The van der Waals surface area contributed by atoms with Gasteiger partial charge in [0.1, 0.15) is 11.9 Å². The van der Waals surface area contributed by atoms with E-state index in [9.17, 15) is 23.6 Å². The zero-order chi connectivity index (χ0) is 29.3. The average Bonchev–Trinajstić information content (AvgIpc) is 3.20. The number of imide groups is 1. The molecule has 1 saturated heterocycles. The number of carbonyl (C=O) groups is 4. The van der Waals surface area contributed by atoms with Crippen LogP contribution in [0.15, 0.2) is 66.7 Å². The highest BCUT2D eigenvalue weighted by Crippen LogP contribution is 2.31. The summed E-state index contributed by atoms with van der Waals surface area (Å²) in [5.41, 5.74) is 2.53. The number of hydrogen-bond acceptors (Lipinski definition) is 4. The number of halogens is 2. The quantitative estimate of drug-likeness (QED) is 0.342. The number of rotatable bonds is 7. The summed E-state index contributed by atoms with van der Waals surface area (Å²) in [5.74, 6) is -1.79. The summed E-state index contributed by atoms with van der Waals surface area (Å²) in [5, 5.41) is 3.08. The number of carbonyl (C=O) groups excluding carboxylic acids is 4. The number of piperidine rings is 1. The first kappa shape index (κ1) is 28.5. The molecule has 41 heavy (non-hydrogen) atoms. The van der Waals surface area contributed by atoms with Crippen LogP contribution in [0.5, 0.6) is 0 Å². The molecule has 1 atom stereocenters. The number of amides is 4. The van der Waals surface area contributed by atoms with Crippen LogP contribution in [0.1, 0.15) is 75.7 Å². The van der Waals surface area contributed by atoms with E-state index < -0.39 is 29.6 Å². The van der Waals surface area contributed by atoms with E-state index in [1.165, 1.54) is 18.2 Å². The number of nitrogens with zero attached hydrogens (tertiary/aromatic N) is 2. The van der Waals surface area contributed by atoms with Gasteiger partial charge in [-0.3, -0.25) is 24.1 Å². The third-order valence-electron chi connectivity index (χ3n) is 7.68. The third kappa shape index (κ3) is 6.03. The lowest BCUT2D eigenvalue weighted by Gasteiger charge is -2.32. The number of fused-ring (bicyclic) bond motifs is 1. The summed E-state index contributed by atoms with van der Waals surface area (Å²) >= 11 is 5.92. The first-order valence-electron chi connectivity index (χ1n) is 13.8. The van der Waals surface area contributed by atoms with Crippen LogP contribution in [0.25, 0.3) is 0 Å². The van der Waals surface area contributed by atoms with E-state index in [1.54, 1.807) is 29.2 Å². The van der Waals surface area contributed by atoms with Gasteiger partial charge in [-0.1, -0.05) is 49.7 Å². The van der Waals surface area contributed by atoms with Crippen molar-refractivity contribution in [2.75, 3.05) is 18.4 Å². The highest BCUT2D eigenvalue weighted by atomic mass is 35.5. The molecule has 0 saturated carbocycles. The van der Waals surface area contributed by atoms with E-state index in [1.807, 2.05) is 38.1 Å². The fourth-order valence-corrected chi connectivity index (χ4v) is 5.83. The third-order valence-corrected chi connectivity index (χ3v) is 7.89. The van der Waals surface area contributed by atoms with Gasteiger partial charge >= 0.3 is 0 Å². The summed E-state index contributed by atoms with van der Waals surface area (Å²) < 4.78 is 13.7. The Hall–Kier alpha value is -4.04. The molecular weight excluding hydrogens is 545 g/mol. The van der Waals surface area contributed by atoms with E-state index in [0.29, 0.717) is 36.3 Å². The van der Waals surface area contributed by atoms with Gasteiger partial charge in [-0.25, -0.2) is 4.39 Å². The van der Waals surface area contributed by atoms with Gasteiger partial charge in [-0.05, 0) is 79.1 Å². The SMILES string of the molecule is CC(C)C[C@H](C(=O)Nc1ccc(C2CCN(C(=O)c3cc(F)cc(Cl)c3)CC2)cc1)N1C(=O)c2ccccc2C1=O. The molecule has 0 aromatic heterocycles. The van der Waals surface area contributed by atoms with Crippen LogP contribution in [-0.4, -0.2) is 52.6 Å². The summed E-state index contributed by atoms with van der Waals surface area (Å²) in [4.78, 5) is 55.1. The van der Waals surface area contributed by atoms with Crippen LogP contribution in [0, 0.1) is 11.7 Å². The predicted octanol–water partition coefficient (Wildman–Crippen LogP) is 6.15. The maximum absolute atomic E-state index is 13.7. The van der Waals surface area contributed by atoms with Crippen molar-refractivity contribution in [2.24, 2.45) is 5.92 Å². The minimum atomic E-state index is -0.933. The molecule has 0 bridgehead atoms. The molecule has 4 amide bonds. The Morgan fingerprint density at radius 1 is 0.951 bits per heavy atom. The van der Waals surface area contributed by atoms with Crippen LogP contribution < -0.4 is 5.32 Å². The molecular formula is C32H31ClFN3O4. The topological polar surface area (TPSA) is 86.8 Å². The Labute approximate surface area is 243 Å². The zero-order valence-electron chi connectivity index (χ0n) is 22.9. The largest absolute Gasteiger partial charge is 0.339 e. The molecule has 2 heterocycles. The minimum Gasteiger partial charge on any atom is -0.339 e. The fourth-order valence-electron chi connectivity index (χ4n) is 5.61. The van der Waals surface area contributed by atoms with E-state index >= 15 is 0 Å². The molecule has 0 unspecified atom stereocenters. The van der Waals surface area contributed by atoms with E-state index in [-0.39, 0.29) is 28.3 Å². The molecule has 0 aliphatic carbocycles. The van der Waals surface area contributed by atoms with Crippen LogP contribution in [0.3, 0.4) is 0 Å². The normalized spacial score (nSPS) is 16.2. The van der Waals surface area contributed by atoms with Crippen molar-refractivity contribution in [3.8, 4) is 0 Å². The van der Waals surface area contributed by atoms with Crippen molar-refractivity contribution in [3.05, 3.63) is 99.8 Å². The Morgan fingerprint density at radius 2 is 1.56 bits per heavy atom. The molecule has 9 heteroatoms. The minimum absolute atomic E-state index is 0.0769. The Bertz CT molecular complexity index is 1440. The lowest BCUT2D eigenvalue weighted by atomic mass is 9.89. The average molecular weight is 576 g/mol. The van der Waals surface area contributed by atoms with Crippen LogP contribution in [0.4, 0.5) is 10.1 Å². The molecule has 0 spiro atoms. The summed E-state index contributed by atoms with van der Waals surface area (Å²) in [6.45, 7) is 4.96. The van der Waals surface area contributed by atoms with Gasteiger partial charge in [0.2, 0.25) is 5.91 Å². The van der Waals surface area contributed by atoms with Crippen molar-refractivity contribution >= 4 is 40.9 Å². The number of nitrogens with one attached hydrogen (secondary N) is 1. The highest BCUT2D eigenvalue weighted by Gasteiger charge is 2.42. The van der Waals surface area contributed by atoms with Gasteiger partial charge < -0.3 is 10.2 Å². The molecule has 7 nitrogen and oxygen atoms in total. The zero-order valence-corrected chi connectivity index (χ0v) is 23.7. The molecule has 3 aromatic rings. The molecule has 5 rings (SSSR count). The predicted molar refractivity (Wildman–Crippen MR) is 155 cm³/mol. The van der Waals surface area contributed by atoms with Gasteiger partial charge in [0.15, 0.2) is 0 Å². The van der Waals surface area contributed by atoms with Crippen LogP contribution in [-0.2, 0) is 4.79 Å². The first-order chi connectivity index (χ1) is 19.6. The second-order valence-electron chi connectivity index (χ2n) is 11.0. The van der Waals surface area contributed by atoms with Crippen LogP contribution in [0.2, 0.25) is 5.02 Å². The lowest BCUT2D eigenvalue weighted by Crippen LogP contribution is -2.47. The molecule has 1 N–H and O–H groups in total. The van der Waals surface area contributed by atoms with Crippen molar-refractivity contribution in [1.82, 2.24) is 9.80 Å². The van der Waals surface area contributed by atoms with E-state index in [0.717, 1.165) is 23.3 Å². The highest BCUT2D eigenvalue weighted by molar-refractivity contribution is 6.31. The molecule has 212 valence electrons. The monoisotopic (exact) mass is 575 g/mol. The molecule has 2 aliphatic heterocycles. The van der Waals surface area contributed by atoms with Crippen molar-refractivity contribution in [3.63, 3.8) is 0 Å². The fraction of sp³-hybridized carbons (Fsp3) is 0.312. The first-order valence-corrected chi connectivity index (χ1v) is 14.1.